The first-order valence-corrected chi connectivity index (χ1v) is 9.58. The first-order chi connectivity index (χ1) is 14.1. The molecule has 0 spiro atoms. The molecule has 1 fully saturated rings. The van der Waals surface area contributed by atoms with Crippen molar-refractivity contribution in [3.8, 4) is 17.1 Å². The summed E-state index contributed by atoms with van der Waals surface area (Å²) in [5, 5.41) is 22.0. The second-order valence-corrected chi connectivity index (χ2v) is 7.18. The molecule has 3 aromatic rings. The molecule has 1 aliphatic heterocycles. The first-order valence-electron chi connectivity index (χ1n) is 9.58. The molecular weight excluding hydrogens is 375 g/mol. The molecule has 0 bridgehead atoms. The number of aromatic nitrogens is 6. The molecule has 1 saturated heterocycles. The second kappa shape index (κ2) is 8.48. The van der Waals surface area contributed by atoms with E-state index < -0.39 is 5.82 Å². The van der Waals surface area contributed by atoms with Gasteiger partial charge in [-0.25, -0.2) is 4.39 Å². The smallest absolute Gasteiger partial charge is 0.209 e. The quantitative estimate of drug-likeness (QED) is 0.673. The van der Waals surface area contributed by atoms with Crippen molar-refractivity contribution >= 4 is 5.69 Å². The van der Waals surface area contributed by atoms with Crippen LogP contribution in [0.25, 0.3) is 11.4 Å². The maximum atomic E-state index is 15.0. The van der Waals surface area contributed by atoms with Crippen molar-refractivity contribution in [2.45, 2.75) is 26.5 Å². The van der Waals surface area contributed by atoms with Gasteiger partial charge in [0.1, 0.15) is 11.6 Å². The summed E-state index contributed by atoms with van der Waals surface area (Å²) < 4.78 is 20.7. The Balaban J connectivity index is 1.56. The summed E-state index contributed by atoms with van der Waals surface area (Å²) in [5.74, 6) is 0.291. The number of nitrogens with one attached hydrogen (secondary N) is 1. The van der Waals surface area contributed by atoms with Gasteiger partial charge in [-0.3, -0.25) is 4.90 Å². The van der Waals surface area contributed by atoms with Crippen LogP contribution in [0.4, 0.5) is 10.1 Å². The summed E-state index contributed by atoms with van der Waals surface area (Å²) in [5.41, 5.74) is 1.98. The summed E-state index contributed by atoms with van der Waals surface area (Å²) in [6.45, 7) is 7.67. The van der Waals surface area contributed by atoms with Gasteiger partial charge in [0, 0.05) is 51.1 Å². The van der Waals surface area contributed by atoms with Crippen LogP contribution in [-0.2, 0) is 6.54 Å². The zero-order valence-corrected chi connectivity index (χ0v) is 16.4. The second-order valence-electron chi connectivity index (χ2n) is 7.18. The van der Waals surface area contributed by atoms with Crippen molar-refractivity contribution < 1.29 is 9.13 Å². The maximum absolute atomic E-state index is 15.0. The molecule has 3 heterocycles. The normalized spacial score (nSPS) is 15.1. The molecule has 1 aliphatic rings. The SMILES string of the molecule is CC(C)Oc1cc(F)c(-c2nn[nH]n2)c(N2CCN(Cc3cccnn3)CC2)c1. The molecule has 29 heavy (non-hydrogen) atoms. The highest BCUT2D eigenvalue weighted by Crippen LogP contribution is 2.36. The van der Waals surface area contributed by atoms with Gasteiger partial charge in [-0.15, -0.1) is 10.2 Å². The molecule has 0 atom stereocenters. The third-order valence-electron chi connectivity index (χ3n) is 4.71. The molecule has 0 amide bonds. The van der Waals surface area contributed by atoms with Crippen molar-refractivity contribution in [3.05, 3.63) is 42.0 Å². The van der Waals surface area contributed by atoms with Gasteiger partial charge in [0.05, 0.1) is 23.0 Å². The molecular formula is C19H23FN8O. The van der Waals surface area contributed by atoms with E-state index in [2.05, 4.69) is 40.6 Å². The van der Waals surface area contributed by atoms with Gasteiger partial charge >= 0.3 is 0 Å². The Morgan fingerprint density at radius 1 is 1.17 bits per heavy atom. The number of halogens is 1. The molecule has 9 nitrogen and oxygen atoms in total. The lowest BCUT2D eigenvalue weighted by atomic mass is 10.1. The number of anilines is 1. The van der Waals surface area contributed by atoms with Crippen LogP contribution >= 0.6 is 0 Å². The summed E-state index contributed by atoms with van der Waals surface area (Å²) in [6, 6.07) is 7.08. The lowest BCUT2D eigenvalue weighted by Crippen LogP contribution is -2.46. The number of hydrogen-bond donors (Lipinski definition) is 1. The lowest BCUT2D eigenvalue weighted by Gasteiger charge is -2.36. The number of nitrogens with zero attached hydrogens (tertiary/aromatic N) is 7. The number of piperazine rings is 1. The predicted molar refractivity (Wildman–Crippen MR) is 105 cm³/mol. The van der Waals surface area contributed by atoms with E-state index in [0.29, 0.717) is 17.0 Å². The summed E-state index contributed by atoms with van der Waals surface area (Å²) in [7, 11) is 0. The Bertz CT molecular complexity index is 927. The van der Waals surface area contributed by atoms with Gasteiger partial charge in [0.15, 0.2) is 0 Å². The molecule has 1 aromatic carbocycles. The van der Waals surface area contributed by atoms with Gasteiger partial charge in [-0.2, -0.15) is 15.4 Å². The average molecular weight is 398 g/mol. The maximum Gasteiger partial charge on any atom is 0.209 e. The molecule has 1 N–H and O–H groups in total. The van der Waals surface area contributed by atoms with Crippen molar-refractivity contribution in [2.75, 3.05) is 31.1 Å². The molecule has 0 unspecified atom stereocenters. The van der Waals surface area contributed by atoms with Gasteiger partial charge in [0.25, 0.3) is 0 Å². The monoisotopic (exact) mass is 398 g/mol. The Labute approximate surface area is 167 Å². The van der Waals surface area contributed by atoms with E-state index in [-0.39, 0.29) is 11.9 Å². The fourth-order valence-electron chi connectivity index (χ4n) is 3.44. The van der Waals surface area contributed by atoms with Crippen molar-refractivity contribution in [1.82, 2.24) is 35.7 Å². The average Bonchev–Trinajstić information content (AvgIpc) is 3.23. The number of hydrogen-bond acceptors (Lipinski definition) is 8. The Kier molecular flexibility index (Phi) is 5.61. The van der Waals surface area contributed by atoms with Gasteiger partial charge in [0.2, 0.25) is 5.82 Å². The summed E-state index contributed by atoms with van der Waals surface area (Å²) in [4.78, 5) is 4.44. The van der Waals surface area contributed by atoms with E-state index >= 15 is 0 Å². The summed E-state index contributed by atoms with van der Waals surface area (Å²) >= 11 is 0. The number of benzene rings is 1. The molecule has 10 heteroatoms. The Hall–Kier alpha value is -3.14. The van der Waals surface area contributed by atoms with Crippen LogP contribution < -0.4 is 9.64 Å². The molecule has 0 aliphatic carbocycles. The van der Waals surface area contributed by atoms with E-state index in [9.17, 15) is 4.39 Å². The van der Waals surface area contributed by atoms with Crippen molar-refractivity contribution in [2.24, 2.45) is 0 Å². The van der Waals surface area contributed by atoms with Crippen LogP contribution in [0.2, 0.25) is 0 Å². The number of ether oxygens (including phenoxy) is 1. The third kappa shape index (κ3) is 4.48. The fraction of sp³-hybridized carbons (Fsp3) is 0.421. The predicted octanol–water partition coefficient (Wildman–Crippen LogP) is 1.91. The van der Waals surface area contributed by atoms with Gasteiger partial charge in [-0.1, -0.05) is 0 Å². The van der Waals surface area contributed by atoms with Crippen LogP contribution in [0.3, 0.4) is 0 Å². The topological polar surface area (TPSA) is 96.0 Å². The minimum atomic E-state index is -0.429. The number of aromatic amines is 1. The van der Waals surface area contributed by atoms with Crippen molar-refractivity contribution in [1.29, 1.82) is 0 Å². The number of rotatable bonds is 6. The van der Waals surface area contributed by atoms with Gasteiger partial charge < -0.3 is 9.64 Å². The lowest BCUT2D eigenvalue weighted by molar-refractivity contribution is 0.240. The zero-order chi connectivity index (χ0) is 20.2. The van der Waals surface area contributed by atoms with E-state index in [1.807, 2.05) is 32.0 Å². The Morgan fingerprint density at radius 2 is 2.00 bits per heavy atom. The van der Waals surface area contributed by atoms with Crippen molar-refractivity contribution in [3.63, 3.8) is 0 Å². The number of tetrazole rings is 1. The largest absolute Gasteiger partial charge is 0.491 e. The first kappa shape index (κ1) is 19.2. The minimum Gasteiger partial charge on any atom is -0.491 e. The highest BCUT2D eigenvalue weighted by molar-refractivity contribution is 5.76. The Morgan fingerprint density at radius 3 is 2.66 bits per heavy atom. The standard InChI is InChI=1S/C19H23FN8O/c1-13(2)29-15-10-16(20)18(19-23-25-26-24-19)17(11-15)28-8-6-27(7-9-28)12-14-4-3-5-21-22-14/h3-5,10-11,13H,6-9,12H2,1-2H3,(H,23,24,25,26). The highest BCUT2D eigenvalue weighted by Gasteiger charge is 2.25. The van der Waals surface area contributed by atoms with E-state index in [1.54, 1.807) is 6.20 Å². The van der Waals surface area contributed by atoms with Gasteiger partial charge in [-0.05, 0) is 31.2 Å². The molecule has 0 saturated carbocycles. The van der Waals surface area contributed by atoms with Crippen LogP contribution in [0.1, 0.15) is 19.5 Å². The van der Waals surface area contributed by atoms with E-state index in [0.717, 1.165) is 38.4 Å². The van der Waals surface area contributed by atoms with Crippen LogP contribution in [-0.4, -0.2) is 68.0 Å². The molecule has 152 valence electrons. The molecule has 4 rings (SSSR count). The fourth-order valence-corrected chi connectivity index (χ4v) is 3.44. The molecule has 0 radical (unpaired) electrons. The van der Waals surface area contributed by atoms with E-state index in [1.165, 1.54) is 6.07 Å². The van der Waals surface area contributed by atoms with Crippen LogP contribution in [0.5, 0.6) is 5.75 Å². The number of H-pyrrole nitrogens is 1. The van der Waals surface area contributed by atoms with Crippen LogP contribution in [0, 0.1) is 5.82 Å². The summed E-state index contributed by atoms with van der Waals surface area (Å²) in [6.07, 6.45) is 1.61. The molecule has 2 aromatic heterocycles. The highest BCUT2D eigenvalue weighted by atomic mass is 19.1. The zero-order valence-electron chi connectivity index (χ0n) is 16.4. The van der Waals surface area contributed by atoms with E-state index in [4.69, 9.17) is 4.74 Å². The van der Waals surface area contributed by atoms with Crippen LogP contribution in [0.15, 0.2) is 30.5 Å². The minimum absolute atomic E-state index is 0.0536. The third-order valence-corrected chi connectivity index (χ3v) is 4.71.